The van der Waals surface area contributed by atoms with E-state index in [-0.39, 0.29) is 18.5 Å². The molecule has 20 heavy (non-hydrogen) atoms. The molecule has 112 valence electrons. The highest BCUT2D eigenvalue weighted by molar-refractivity contribution is 5.78. The normalized spacial score (nSPS) is 21.6. The summed E-state index contributed by atoms with van der Waals surface area (Å²) in [5.41, 5.74) is 0. The smallest absolute Gasteiger partial charge is 0.317 e. The molecule has 2 fully saturated rings. The van der Waals surface area contributed by atoms with E-state index in [1.165, 1.54) is 4.90 Å². The van der Waals surface area contributed by atoms with Crippen LogP contribution in [0.2, 0.25) is 0 Å². The fraction of sp³-hybridized carbons (Fsp3) is 0.769. The predicted molar refractivity (Wildman–Crippen MR) is 71.1 cm³/mol. The third-order valence-electron chi connectivity index (χ3n) is 3.62. The van der Waals surface area contributed by atoms with E-state index < -0.39 is 11.9 Å². The number of aliphatic carboxylic acids is 1. The summed E-state index contributed by atoms with van der Waals surface area (Å²) in [6, 6.07) is 0.131. The maximum absolute atomic E-state index is 11.8. The van der Waals surface area contributed by atoms with Gasteiger partial charge in [0.05, 0.1) is 5.92 Å². The Bertz CT molecular complexity index is 395. The van der Waals surface area contributed by atoms with E-state index >= 15 is 0 Å². The molecule has 2 rings (SSSR count). The van der Waals surface area contributed by atoms with Crippen molar-refractivity contribution in [2.45, 2.75) is 38.1 Å². The van der Waals surface area contributed by atoms with Crippen molar-refractivity contribution in [2.24, 2.45) is 5.92 Å². The number of carbonyl (C=O) groups excluding carboxylic acids is 2. The van der Waals surface area contributed by atoms with Crippen molar-refractivity contribution in [2.75, 3.05) is 19.6 Å². The molecule has 0 radical (unpaired) electrons. The fourth-order valence-corrected chi connectivity index (χ4v) is 2.23. The van der Waals surface area contributed by atoms with Crippen LogP contribution in [0, 0.1) is 5.92 Å². The van der Waals surface area contributed by atoms with E-state index in [0.29, 0.717) is 38.4 Å². The number of likely N-dealkylation sites (tertiary alicyclic amines) is 1. The number of nitrogens with zero attached hydrogens (tertiary/aromatic N) is 1. The van der Waals surface area contributed by atoms with Crippen LogP contribution in [0.5, 0.6) is 0 Å². The molecule has 1 unspecified atom stereocenters. The molecule has 0 aromatic heterocycles. The lowest BCUT2D eigenvalue weighted by molar-refractivity contribution is -0.141. The quantitative estimate of drug-likeness (QED) is 0.605. The topological polar surface area (TPSA) is 98.7 Å². The maximum Gasteiger partial charge on any atom is 0.317 e. The second kappa shape index (κ2) is 6.58. The van der Waals surface area contributed by atoms with Crippen LogP contribution in [0.1, 0.15) is 32.1 Å². The van der Waals surface area contributed by atoms with Crippen molar-refractivity contribution >= 4 is 17.9 Å². The molecule has 1 heterocycles. The van der Waals surface area contributed by atoms with Gasteiger partial charge in [0.1, 0.15) is 0 Å². The monoisotopic (exact) mass is 283 g/mol. The van der Waals surface area contributed by atoms with Gasteiger partial charge in [-0.1, -0.05) is 0 Å². The average molecular weight is 283 g/mol. The molecule has 3 N–H and O–H groups in total. The third-order valence-corrected chi connectivity index (χ3v) is 3.62. The lowest BCUT2D eigenvalue weighted by Gasteiger charge is -2.16. The van der Waals surface area contributed by atoms with Crippen LogP contribution in [-0.2, 0) is 9.59 Å². The Labute approximate surface area is 117 Å². The lowest BCUT2D eigenvalue weighted by atomic mass is 10.1. The first-order chi connectivity index (χ1) is 9.56. The van der Waals surface area contributed by atoms with Gasteiger partial charge >= 0.3 is 12.0 Å². The van der Waals surface area contributed by atoms with Crippen LogP contribution in [-0.4, -0.2) is 53.6 Å². The van der Waals surface area contributed by atoms with Gasteiger partial charge in [-0.3, -0.25) is 9.59 Å². The number of nitrogens with one attached hydrogen (secondary N) is 2. The number of carboxylic acid groups (broad SMARTS) is 1. The van der Waals surface area contributed by atoms with Crippen LogP contribution >= 0.6 is 0 Å². The summed E-state index contributed by atoms with van der Waals surface area (Å²) in [4.78, 5) is 35.5. The molecule has 1 saturated carbocycles. The first-order valence-corrected chi connectivity index (χ1v) is 7.11. The largest absolute Gasteiger partial charge is 0.481 e. The van der Waals surface area contributed by atoms with Crippen molar-refractivity contribution < 1.29 is 19.5 Å². The zero-order valence-corrected chi connectivity index (χ0v) is 11.4. The van der Waals surface area contributed by atoms with Crippen molar-refractivity contribution in [3.05, 3.63) is 0 Å². The molecule has 1 saturated heterocycles. The third kappa shape index (κ3) is 4.40. The summed E-state index contributed by atoms with van der Waals surface area (Å²) in [6.45, 7) is 1.18. The van der Waals surface area contributed by atoms with Crippen LogP contribution in [0.25, 0.3) is 0 Å². The fourth-order valence-electron chi connectivity index (χ4n) is 2.23. The van der Waals surface area contributed by atoms with Crippen molar-refractivity contribution in [1.29, 1.82) is 0 Å². The zero-order valence-electron chi connectivity index (χ0n) is 11.4. The molecule has 0 spiro atoms. The summed E-state index contributed by atoms with van der Waals surface area (Å²) in [5.74, 6) is -1.27. The summed E-state index contributed by atoms with van der Waals surface area (Å²) in [6.07, 6.45) is 3.66. The molecular formula is C13H21N3O4. The highest BCUT2D eigenvalue weighted by Gasteiger charge is 2.30. The number of hydrogen-bond acceptors (Lipinski definition) is 3. The van der Waals surface area contributed by atoms with E-state index in [1.807, 2.05) is 0 Å². The molecule has 3 amide bonds. The van der Waals surface area contributed by atoms with Crippen LogP contribution in [0.3, 0.4) is 0 Å². The number of carboxylic acids is 1. The molecule has 0 aromatic carbocycles. The van der Waals surface area contributed by atoms with Crippen molar-refractivity contribution in [3.8, 4) is 0 Å². The Balaban J connectivity index is 1.56. The number of urea groups is 1. The van der Waals surface area contributed by atoms with Gasteiger partial charge in [-0.15, -0.1) is 0 Å². The second-order valence-electron chi connectivity index (χ2n) is 5.45. The SMILES string of the molecule is O=C(CCCNC(=O)N1CCC(C(=O)O)C1)NC1CC1. The zero-order chi connectivity index (χ0) is 14.5. The Morgan fingerprint density at radius 1 is 1.20 bits per heavy atom. The van der Waals surface area contributed by atoms with Crippen molar-refractivity contribution in [3.63, 3.8) is 0 Å². The van der Waals surface area contributed by atoms with Gasteiger partial charge < -0.3 is 20.6 Å². The highest BCUT2D eigenvalue weighted by atomic mass is 16.4. The molecule has 0 aromatic rings. The molecule has 7 heteroatoms. The molecule has 1 atom stereocenters. The van der Waals surface area contributed by atoms with Crippen LogP contribution in [0.15, 0.2) is 0 Å². The first-order valence-electron chi connectivity index (χ1n) is 7.11. The number of amides is 3. The number of carbonyl (C=O) groups is 3. The van der Waals surface area contributed by atoms with Crippen molar-refractivity contribution in [1.82, 2.24) is 15.5 Å². The standard InChI is InChI=1S/C13H21N3O4/c17-11(15-10-3-4-10)2-1-6-14-13(20)16-7-5-9(8-16)12(18)19/h9-10H,1-8H2,(H,14,20)(H,15,17)(H,18,19). The minimum Gasteiger partial charge on any atom is -0.481 e. The van der Waals surface area contributed by atoms with E-state index in [9.17, 15) is 14.4 Å². The summed E-state index contributed by atoms with van der Waals surface area (Å²) >= 11 is 0. The van der Waals surface area contributed by atoms with E-state index in [1.54, 1.807) is 0 Å². The van der Waals surface area contributed by atoms with E-state index in [0.717, 1.165) is 12.8 Å². The lowest BCUT2D eigenvalue weighted by Crippen LogP contribution is -2.39. The van der Waals surface area contributed by atoms with Crippen LogP contribution in [0.4, 0.5) is 4.79 Å². The summed E-state index contributed by atoms with van der Waals surface area (Å²) in [5, 5.41) is 14.5. The highest BCUT2D eigenvalue weighted by Crippen LogP contribution is 2.18. The minimum absolute atomic E-state index is 0.0360. The van der Waals surface area contributed by atoms with Gasteiger partial charge in [-0.05, 0) is 25.7 Å². The molecule has 2 aliphatic rings. The molecular weight excluding hydrogens is 262 g/mol. The maximum atomic E-state index is 11.8. The molecule has 0 bridgehead atoms. The predicted octanol–water partition coefficient (Wildman–Crippen LogP) is 0.161. The average Bonchev–Trinajstić information content (AvgIpc) is 3.07. The van der Waals surface area contributed by atoms with Gasteiger partial charge in [-0.25, -0.2) is 4.79 Å². The Morgan fingerprint density at radius 3 is 2.55 bits per heavy atom. The van der Waals surface area contributed by atoms with E-state index in [4.69, 9.17) is 5.11 Å². The second-order valence-corrected chi connectivity index (χ2v) is 5.45. The molecule has 1 aliphatic heterocycles. The minimum atomic E-state index is -0.850. The van der Waals surface area contributed by atoms with Gasteiger partial charge in [0.25, 0.3) is 0 Å². The van der Waals surface area contributed by atoms with Gasteiger partial charge in [0, 0.05) is 32.1 Å². The van der Waals surface area contributed by atoms with Crippen LogP contribution < -0.4 is 10.6 Å². The Morgan fingerprint density at radius 2 is 1.95 bits per heavy atom. The number of hydrogen-bond donors (Lipinski definition) is 3. The summed E-state index contributed by atoms with van der Waals surface area (Å²) in [7, 11) is 0. The van der Waals surface area contributed by atoms with Gasteiger partial charge in [0.2, 0.25) is 5.91 Å². The van der Waals surface area contributed by atoms with Gasteiger partial charge in [-0.2, -0.15) is 0 Å². The molecule has 1 aliphatic carbocycles. The number of rotatable bonds is 6. The first kappa shape index (κ1) is 14.6. The van der Waals surface area contributed by atoms with Gasteiger partial charge in [0.15, 0.2) is 0 Å². The summed E-state index contributed by atoms with van der Waals surface area (Å²) < 4.78 is 0. The Kier molecular flexibility index (Phi) is 4.81. The van der Waals surface area contributed by atoms with E-state index in [2.05, 4.69) is 10.6 Å². The molecule has 7 nitrogen and oxygen atoms in total. The Hall–Kier alpha value is -1.79.